The van der Waals surface area contributed by atoms with Crippen molar-refractivity contribution in [3.63, 3.8) is 0 Å². The molecule has 0 N–H and O–H groups in total. The molecule has 0 aromatic heterocycles. The fourth-order valence-corrected chi connectivity index (χ4v) is 1.10. The van der Waals surface area contributed by atoms with E-state index in [2.05, 4.69) is 4.99 Å². The Morgan fingerprint density at radius 3 is 1.93 bits per heavy atom. The first kappa shape index (κ1) is 11.6. The van der Waals surface area contributed by atoms with Gasteiger partial charge in [0.2, 0.25) is 0 Å². The van der Waals surface area contributed by atoms with E-state index in [9.17, 15) is 22.0 Å². The summed E-state index contributed by atoms with van der Waals surface area (Å²) in [5.74, 6) is -2.57. The van der Waals surface area contributed by atoms with Gasteiger partial charge < -0.3 is 0 Å². The molecule has 0 aliphatic heterocycles. The Bertz CT molecular complexity index is 374. The second-order valence-electron chi connectivity index (χ2n) is 2.67. The molecule has 0 saturated heterocycles. The van der Waals surface area contributed by atoms with Crippen molar-refractivity contribution < 1.29 is 22.0 Å². The summed E-state index contributed by atoms with van der Waals surface area (Å²) in [6, 6.07) is 2.47. The minimum Gasteiger partial charge on any atom is -0.283 e. The molecule has 15 heavy (non-hydrogen) atoms. The Labute approximate surface area is 82.2 Å². The summed E-state index contributed by atoms with van der Waals surface area (Å²) in [6.07, 6.45) is -4.88. The van der Waals surface area contributed by atoms with Crippen LogP contribution in [0.25, 0.3) is 0 Å². The Morgan fingerprint density at radius 2 is 1.60 bits per heavy atom. The Kier molecular flexibility index (Phi) is 3.06. The van der Waals surface area contributed by atoms with Crippen LogP contribution in [0, 0.1) is 11.6 Å². The van der Waals surface area contributed by atoms with Gasteiger partial charge in [0.25, 0.3) is 0 Å². The highest BCUT2D eigenvalue weighted by molar-refractivity contribution is 6.04. The molecule has 1 aromatic rings. The van der Waals surface area contributed by atoms with Crippen LogP contribution in [0.1, 0.15) is 5.56 Å². The molecular formula is C9H6F5N. The summed E-state index contributed by atoms with van der Waals surface area (Å²) >= 11 is 0. The van der Waals surface area contributed by atoms with E-state index in [1.165, 1.54) is 0 Å². The number of alkyl halides is 3. The lowest BCUT2D eigenvalue weighted by Crippen LogP contribution is -2.26. The zero-order chi connectivity index (χ0) is 11.6. The van der Waals surface area contributed by atoms with Gasteiger partial charge in [0, 0.05) is 7.05 Å². The number of halogens is 5. The van der Waals surface area contributed by atoms with Gasteiger partial charge in [-0.2, -0.15) is 13.2 Å². The first-order valence-electron chi connectivity index (χ1n) is 3.86. The Balaban J connectivity index is 3.38. The first-order valence-corrected chi connectivity index (χ1v) is 3.86. The van der Waals surface area contributed by atoms with E-state index in [4.69, 9.17) is 0 Å². The molecule has 0 amide bonds. The third-order valence-electron chi connectivity index (χ3n) is 1.69. The molecule has 0 unspecified atom stereocenters. The highest BCUT2D eigenvalue weighted by Gasteiger charge is 2.39. The van der Waals surface area contributed by atoms with E-state index in [1.807, 2.05) is 0 Å². The third kappa shape index (κ3) is 2.31. The van der Waals surface area contributed by atoms with Crippen molar-refractivity contribution in [1.82, 2.24) is 0 Å². The van der Waals surface area contributed by atoms with Gasteiger partial charge in [-0.3, -0.25) is 4.99 Å². The molecule has 0 heterocycles. The number of hydrogen-bond acceptors (Lipinski definition) is 1. The Hall–Kier alpha value is -1.46. The van der Waals surface area contributed by atoms with Crippen LogP contribution in [-0.2, 0) is 0 Å². The van der Waals surface area contributed by atoms with Gasteiger partial charge in [0.1, 0.15) is 11.6 Å². The molecule has 0 radical (unpaired) electrons. The molecule has 1 aromatic carbocycles. The monoisotopic (exact) mass is 223 g/mol. The molecule has 0 atom stereocenters. The van der Waals surface area contributed by atoms with Crippen LogP contribution in [0.3, 0.4) is 0 Å². The van der Waals surface area contributed by atoms with Crippen molar-refractivity contribution in [3.05, 3.63) is 35.4 Å². The number of hydrogen-bond donors (Lipinski definition) is 0. The van der Waals surface area contributed by atoms with E-state index in [1.54, 1.807) is 0 Å². The van der Waals surface area contributed by atoms with Crippen molar-refractivity contribution >= 4 is 5.71 Å². The fraction of sp³-hybridized carbons (Fsp3) is 0.222. The lowest BCUT2D eigenvalue weighted by molar-refractivity contribution is -0.0584. The zero-order valence-electron chi connectivity index (χ0n) is 7.57. The van der Waals surface area contributed by atoms with Crippen molar-refractivity contribution in [3.8, 4) is 0 Å². The van der Waals surface area contributed by atoms with Crippen LogP contribution in [0.15, 0.2) is 23.2 Å². The molecule has 6 heteroatoms. The summed E-state index contributed by atoms with van der Waals surface area (Å²) in [4.78, 5) is 2.86. The van der Waals surface area contributed by atoms with E-state index < -0.39 is 29.1 Å². The molecule has 0 spiro atoms. The Morgan fingerprint density at radius 1 is 1.13 bits per heavy atom. The summed E-state index contributed by atoms with van der Waals surface area (Å²) in [6.45, 7) is 0. The largest absolute Gasteiger partial charge is 0.433 e. The van der Waals surface area contributed by atoms with Gasteiger partial charge >= 0.3 is 6.18 Å². The van der Waals surface area contributed by atoms with Gasteiger partial charge in [0.05, 0.1) is 5.56 Å². The predicted octanol–water partition coefficient (Wildman–Crippen LogP) is 2.95. The van der Waals surface area contributed by atoms with Crippen molar-refractivity contribution in [1.29, 1.82) is 0 Å². The van der Waals surface area contributed by atoms with Gasteiger partial charge in [-0.25, -0.2) is 8.78 Å². The molecule has 0 aliphatic rings. The smallest absolute Gasteiger partial charge is 0.283 e. The van der Waals surface area contributed by atoms with Crippen molar-refractivity contribution in [2.75, 3.05) is 7.05 Å². The number of nitrogens with zero attached hydrogens (tertiary/aromatic N) is 1. The van der Waals surface area contributed by atoms with Crippen LogP contribution in [0.5, 0.6) is 0 Å². The minimum absolute atomic E-state index is 0.745. The number of rotatable bonds is 1. The standard InChI is InChI=1S/C9H6F5N/c1-15-8(9(12,13)14)7-5(10)3-2-4-6(7)11/h2-4H,1H3/b15-8-. The molecule has 0 fully saturated rings. The maximum Gasteiger partial charge on any atom is 0.433 e. The van der Waals surface area contributed by atoms with E-state index in [0.717, 1.165) is 25.2 Å². The maximum atomic E-state index is 13.0. The van der Waals surface area contributed by atoms with Crippen LogP contribution in [-0.4, -0.2) is 18.9 Å². The van der Waals surface area contributed by atoms with E-state index >= 15 is 0 Å². The molecule has 1 rings (SSSR count). The average molecular weight is 223 g/mol. The number of aliphatic imine (C=N–C) groups is 1. The average Bonchev–Trinajstić information content (AvgIpc) is 2.09. The third-order valence-corrected chi connectivity index (χ3v) is 1.69. The molecule has 0 saturated carbocycles. The molecular weight excluding hydrogens is 217 g/mol. The van der Waals surface area contributed by atoms with Crippen molar-refractivity contribution in [2.45, 2.75) is 6.18 Å². The summed E-state index contributed by atoms with van der Waals surface area (Å²) in [5.41, 5.74) is -2.70. The second-order valence-corrected chi connectivity index (χ2v) is 2.67. The molecule has 0 aliphatic carbocycles. The lowest BCUT2D eigenvalue weighted by Gasteiger charge is -2.11. The summed E-state index contributed by atoms with van der Waals surface area (Å²) < 4.78 is 62.9. The molecule has 82 valence electrons. The topological polar surface area (TPSA) is 12.4 Å². The van der Waals surface area contributed by atoms with Crippen LogP contribution in [0.2, 0.25) is 0 Å². The summed E-state index contributed by atoms with van der Waals surface area (Å²) in [5, 5.41) is 0. The van der Waals surface area contributed by atoms with Gasteiger partial charge in [-0.1, -0.05) is 6.07 Å². The van der Waals surface area contributed by atoms with Crippen LogP contribution >= 0.6 is 0 Å². The van der Waals surface area contributed by atoms with Gasteiger partial charge in [-0.05, 0) is 12.1 Å². The maximum absolute atomic E-state index is 13.0. The van der Waals surface area contributed by atoms with Crippen molar-refractivity contribution in [2.24, 2.45) is 4.99 Å². The summed E-state index contributed by atoms with van der Waals surface area (Å²) in [7, 11) is 0.828. The fourth-order valence-electron chi connectivity index (χ4n) is 1.10. The quantitative estimate of drug-likeness (QED) is 0.512. The number of benzene rings is 1. The zero-order valence-corrected chi connectivity index (χ0v) is 7.57. The predicted molar refractivity (Wildman–Crippen MR) is 44.9 cm³/mol. The normalized spacial score (nSPS) is 13.1. The molecule has 0 bridgehead atoms. The van der Waals surface area contributed by atoms with Gasteiger partial charge in [0.15, 0.2) is 5.71 Å². The molecule has 1 nitrogen and oxygen atoms in total. The minimum atomic E-state index is -4.88. The highest BCUT2D eigenvalue weighted by atomic mass is 19.4. The van der Waals surface area contributed by atoms with Crippen LogP contribution in [0.4, 0.5) is 22.0 Å². The van der Waals surface area contributed by atoms with E-state index in [-0.39, 0.29) is 0 Å². The van der Waals surface area contributed by atoms with E-state index in [0.29, 0.717) is 0 Å². The highest BCUT2D eigenvalue weighted by Crippen LogP contribution is 2.25. The second kappa shape index (κ2) is 3.96. The lowest BCUT2D eigenvalue weighted by atomic mass is 10.1. The van der Waals surface area contributed by atoms with Gasteiger partial charge in [-0.15, -0.1) is 0 Å². The van der Waals surface area contributed by atoms with Crippen LogP contribution < -0.4 is 0 Å². The first-order chi connectivity index (χ1) is 6.88. The SMILES string of the molecule is C/N=C(/c1c(F)cccc1F)C(F)(F)F.